The van der Waals surface area contributed by atoms with Crippen LogP contribution in [0.3, 0.4) is 0 Å². The third-order valence-corrected chi connectivity index (χ3v) is 5.40. The van der Waals surface area contributed by atoms with Gasteiger partial charge in [0.1, 0.15) is 23.7 Å². The van der Waals surface area contributed by atoms with Gasteiger partial charge in [0.2, 0.25) is 0 Å². The standard InChI is InChI=1S/C18H12FN5O4S/c19-17-13(5-6-15(25)18(17)24-10-16(26)23-29(24,27)28)14-8-12(21-22-14)4-3-11-2-1-7-20-9-11/h1-2,5-9,25H,10H2,(H,21,22)(H,23,26). The minimum atomic E-state index is -4.29. The van der Waals surface area contributed by atoms with E-state index in [0.29, 0.717) is 15.6 Å². The summed E-state index contributed by atoms with van der Waals surface area (Å²) >= 11 is 0. The zero-order valence-electron chi connectivity index (χ0n) is 14.5. The Balaban J connectivity index is 1.72. The molecule has 3 heterocycles. The highest BCUT2D eigenvalue weighted by Gasteiger charge is 2.38. The highest BCUT2D eigenvalue weighted by molar-refractivity contribution is 7.92. The van der Waals surface area contributed by atoms with Crippen molar-refractivity contribution in [1.82, 2.24) is 19.9 Å². The Bertz CT molecular complexity index is 1280. The van der Waals surface area contributed by atoms with E-state index in [1.54, 1.807) is 29.2 Å². The summed E-state index contributed by atoms with van der Waals surface area (Å²) < 4.78 is 41.3. The van der Waals surface area contributed by atoms with Gasteiger partial charge in [0, 0.05) is 23.5 Å². The topological polar surface area (TPSA) is 128 Å². The first-order valence-electron chi connectivity index (χ1n) is 8.18. The van der Waals surface area contributed by atoms with Gasteiger partial charge in [-0.1, -0.05) is 5.92 Å². The van der Waals surface area contributed by atoms with Gasteiger partial charge in [-0.25, -0.2) is 13.4 Å². The monoisotopic (exact) mass is 413 g/mol. The number of hydrogen-bond donors (Lipinski definition) is 3. The summed E-state index contributed by atoms with van der Waals surface area (Å²) in [5.74, 6) is 3.20. The molecule has 0 atom stereocenters. The van der Waals surface area contributed by atoms with Crippen LogP contribution in [0.1, 0.15) is 11.3 Å². The average Bonchev–Trinajstić information content (AvgIpc) is 3.25. The van der Waals surface area contributed by atoms with Crippen molar-refractivity contribution in [2.75, 3.05) is 10.8 Å². The van der Waals surface area contributed by atoms with E-state index < -0.39 is 39.9 Å². The number of aromatic amines is 1. The highest BCUT2D eigenvalue weighted by Crippen LogP contribution is 2.38. The van der Waals surface area contributed by atoms with Gasteiger partial charge in [0.25, 0.3) is 5.91 Å². The van der Waals surface area contributed by atoms with Crippen molar-refractivity contribution in [2.45, 2.75) is 0 Å². The number of carbonyl (C=O) groups excluding carboxylic acids is 1. The lowest BCUT2D eigenvalue weighted by atomic mass is 10.1. The number of H-pyrrole nitrogens is 1. The Morgan fingerprint density at radius 1 is 1.24 bits per heavy atom. The lowest BCUT2D eigenvalue weighted by Crippen LogP contribution is -2.30. The number of pyridine rings is 1. The SMILES string of the molecule is O=C1CN(c2c(O)ccc(-c3cc(C#Cc4cccnc4)[nH]n3)c2F)S(=O)(=O)N1. The Morgan fingerprint density at radius 2 is 2.07 bits per heavy atom. The maximum atomic E-state index is 15.1. The number of phenolic OH excluding ortho intramolecular Hbond substituents is 1. The molecule has 2 aromatic heterocycles. The number of aromatic hydroxyl groups is 1. The highest BCUT2D eigenvalue weighted by atomic mass is 32.2. The number of carbonyl (C=O) groups is 1. The number of nitrogens with zero attached hydrogens (tertiary/aromatic N) is 3. The molecule has 146 valence electrons. The molecule has 3 N–H and O–H groups in total. The number of anilines is 1. The Hall–Kier alpha value is -3.91. The van der Waals surface area contributed by atoms with Crippen LogP contribution in [-0.4, -0.2) is 41.2 Å². The number of halogens is 1. The fraction of sp³-hybridized carbons (Fsp3) is 0.0556. The summed E-state index contributed by atoms with van der Waals surface area (Å²) in [6.07, 6.45) is 3.20. The largest absolute Gasteiger partial charge is 0.506 e. The Labute approximate surface area is 164 Å². The van der Waals surface area contributed by atoms with Crippen molar-refractivity contribution in [2.24, 2.45) is 0 Å². The lowest BCUT2D eigenvalue weighted by Gasteiger charge is -2.18. The zero-order valence-corrected chi connectivity index (χ0v) is 15.4. The maximum Gasteiger partial charge on any atom is 0.326 e. The molecule has 0 aliphatic carbocycles. The summed E-state index contributed by atoms with van der Waals surface area (Å²) in [7, 11) is -4.29. The molecular weight excluding hydrogens is 401 g/mol. The zero-order chi connectivity index (χ0) is 20.6. The van der Waals surface area contributed by atoms with Crippen LogP contribution in [0.15, 0.2) is 42.7 Å². The molecule has 0 radical (unpaired) electrons. The predicted molar refractivity (Wildman–Crippen MR) is 100 cm³/mol. The van der Waals surface area contributed by atoms with E-state index >= 15 is 4.39 Å². The molecule has 1 aliphatic heterocycles. The van der Waals surface area contributed by atoms with Crippen LogP contribution < -0.4 is 9.03 Å². The Morgan fingerprint density at radius 3 is 2.76 bits per heavy atom. The van der Waals surface area contributed by atoms with Crippen LogP contribution >= 0.6 is 0 Å². The van der Waals surface area contributed by atoms with Crippen LogP contribution in [0.25, 0.3) is 11.3 Å². The number of aromatic nitrogens is 3. The molecule has 0 unspecified atom stereocenters. The minimum Gasteiger partial charge on any atom is -0.506 e. The fourth-order valence-corrected chi connectivity index (χ4v) is 3.90. The van der Waals surface area contributed by atoms with Gasteiger partial charge in [-0.15, -0.1) is 0 Å². The van der Waals surface area contributed by atoms with E-state index in [1.807, 2.05) is 0 Å². The molecule has 1 saturated heterocycles. The quantitative estimate of drug-likeness (QED) is 0.536. The van der Waals surface area contributed by atoms with Crippen molar-refractivity contribution < 1.29 is 22.7 Å². The van der Waals surface area contributed by atoms with Crippen molar-refractivity contribution in [3.63, 3.8) is 0 Å². The van der Waals surface area contributed by atoms with Gasteiger partial charge in [0.15, 0.2) is 5.82 Å². The first kappa shape index (κ1) is 18.5. The van der Waals surface area contributed by atoms with Crippen LogP contribution in [0.4, 0.5) is 10.1 Å². The van der Waals surface area contributed by atoms with Gasteiger partial charge in [-0.2, -0.15) is 13.5 Å². The van der Waals surface area contributed by atoms with Crippen LogP contribution in [0.2, 0.25) is 0 Å². The van der Waals surface area contributed by atoms with Crippen molar-refractivity contribution in [3.05, 3.63) is 59.8 Å². The number of nitrogens with one attached hydrogen (secondary N) is 2. The average molecular weight is 413 g/mol. The molecule has 1 fully saturated rings. The molecule has 1 aliphatic rings. The first-order chi connectivity index (χ1) is 13.8. The molecule has 0 spiro atoms. The normalized spacial score (nSPS) is 14.9. The van der Waals surface area contributed by atoms with Gasteiger partial charge in [0.05, 0.1) is 5.69 Å². The number of benzene rings is 1. The second-order valence-corrected chi connectivity index (χ2v) is 7.59. The van der Waals surface area contributed by atoms with Crippen molar-refractivity contribution in [3.8, 4) is 28.8 Å². The van der Waals surface area contributed by atoms with E-state index in [-0.39, 0.29) is 11.3 Å². The van der Waals surface area contributed by atoms with Crippen molar-refractivity contribution >= 4 is 21.8 Å². The summed E-state index contributed by atoms with van der Waals surface area (Å²) in [6.45, 7) is -0.640. The van der Waals surface area contributed by atoms with E-state index in [0.717, 1.165) is 6.07 Å². The van der Waals surface area contributed by atoms with E-state index in [2.05, 4.69) is 27.0 Å². The van der Waals surface area contributed by atoms with E-state index in [4.69, 9.17) is 0 Å². The van der Waals surface area contributed by atoms with Gasteiger partial charge >= 0.3 is 10.2 Å². The van der Waals surface area contributed by atoms with Crippen molar-refractivity contribution in [1.29, 1.82) is 0 Å². The number of phenols is 1. The third kappa shape index (κ3) is 3.48. The fourth-order valence-electron chi connectivity index (χ4n) is 2.74. The molecule has 0 bridgehead atoms. The minimum absolute atomic E-state index is 0.0713. The van der Waals surface area contributed by atoms with E-state index in [1.165, 1.54) is 12.1 Å². The Kier molecular flexibility index (Phi) is 4.40. The molecule has 9 nitrogen and oxygen atoms in total. The van der Waals surface area contributed by atoms with Crippen LogP contribution in [-0.2, 0) is 15.0 Å². The van der Waals surface area contributed by atoms with Gasteiger partial charge in [-0.05, 0) is 36.3 Å². The molecule has 1 amide bonds. The van der Waals surface area contributed by atoms with Crippen LogP contribution in [0, 0.1) is 17.7 Å². The number of amides is 1. The van der Waals surface area contributed by atoms with Gasteiger partial charge < -0.3 is 5.11 Å². The first-order valence-corrected chi connectivity index (χ1v) is 9.62. The molecule has 1 aromatic carbocycles. The summed E-state index contributed by atoms with van der Waals surface area (Å²) in [5, 5.41) is 16.7. The summed E-state index contributed by atoms with van der Waals surface area (Å²) in [4.78, 5) is 15.4. The number of hydrogen-bond acceptors (Lipinski definition) is 6. The third-order valence-electron chi connectivity index (χ3n) is 4.02. The lowest BCUT2D eigenvalue weighted by molar-refractivity contribution is -0.117. The summed E-state index contributed by atoms with van der Waals surface area (Å²) in [6, 6.07) is 7.36. The molecule has 29 heavy (non-hydrogen) atoms. The molecule has 4 rings (SSSR count). The molecule has 0 saturated carbocycles. The van der Waals surface area contributed by atoms with Gasteiger partial charge in [-0.3, -0.25) is 14.9 Å². The number of rotatable bonds is 2. The molecule has 11 heteroatoms. The van der Waals surface area contributed by atoms with E-state index in [9.17, 15) is 18.3 Å². The second-order valence-electron chi connectivity index (χ2n) is 5.99. The second kappa shape index (κ2) is 6.92. The smallest absolute Gasteiger partial charge is 0.326 e. The summed E-state index contributed by atoms with van der Waals surface area (Å²) in [5.41, 5.74) is 0.515. The molecular formula is C18H12FN5O4S. The maximum absolute atomic E-state index is 15.1. The predicted octanol–water partition coefficient (Wildman–Crippen LogP) is 0.897. The van der Waals surface area contributed by atoms with Crippen LogP contribution in [0.5, 0.6) is 5.75 Å². The molecule has 3 aromatic rings.